The normalized spacial score (nSPS) is 11.5. The van der Waals surface area contributed by atoms with Gasteiger partial charge in [-0.05, 0) is 24.1 Å². The molecule has 112 valence electrons. The van der Waals surface area contributed by atoms with E-state index < -0.39 is 5.60 Å². The highest BCUT2D eigenvalue weighted by molar-refractivity contribution is 5.21. The van der Waals surface area contributed by atoms with Crippen molar-refractivity contribution in [2.24, 2.45) is 0 Å². The molecular formula is C19H25NO. The van der Waals surface area contributed by atoms with E-state index in [2.05, 4.69) is 36.5 Å². The average molecular weight is 283 g/mol. The van der Waals surface area contributed by atoms with E-state index in [1.54, 1.807) is 0 Å². The first-order valence-electron chi connectivity index (χ1n) is 7.73. The molecule has 0 atom stereocenters. The molecule has 2 N–H and O–H groups in total. The summed E-state index contributed by atoms with van der Waals surface area (Å²) < 4.78 is 0. The molecular weight excluding hydrogens is 258 g/mol. The standard InChI is InChI=1S/C19H25NO/c1-2-13-20-16-19(21,14-17-9-5-3-6-10-17)15-18-11-7-4-8-12-18/h3-12,20-21H,2,13-16H2,1H3. The molecule has 2 aromatic carbocycles. The van der Waals surface area contributed by atoms with Crippen LogP contribution < -0.4 is 5.32 Å². The maximum atomic E-state index is 11.1. The van der Waals surface area contributed by atoms with Crippen LogP contribution in [0.1, 0.15) is 24.5 Å². The van der Waals surface area contributed by atoms with Crippen molar-refractivity contribution in [3.05, 3.63) is 71.8 Å². The Morgan fingerprint density at radius 1 is 0.857 bits per heavy atom. The van der Waals surface area contributed by atoms with E-state index in [1.807, 2.05) is 36.4 Å². The SMILES string of the molecule is CCCNCC(O)(Cc1ccccc1)Cc1ccccc1. The van der Waals surface area contributed by atoms with E-state index in [9.17, 15) is 5.11 Å². The molecule has 21 heavy (non-hydrogen) atoms. The summed E-state index contributed by atoms with van der Waals surface area (Å²) in [5.74, 6) is 0. The molecule has 0 unspecified atom stereocenters. The zero-order chi connectivity index (χ0) is 15.0. The molecule has 2 aromatic rings. The molecule has 0 amide bonds. The second kappa shape index (κ2) is 7.96. The van der Waals surface area contributed by atoms with Crippen LogP contribution in [0, 0.1) is 0 Å². The highest BCUT2D eigenvalue weighted by atomic mass is 16.3. The average Bonchev–Trinajstić information content (AvgIpc) is 2.49. The van der Waals surface area contributed by atoms with Crippen molar-refractivity contribution >= 4 is 0 Å². The highest BCUT2D eigenvalue weighted by Crippen LogP contribution is 2.19. The fraction of sp³-hybridized carbons (Fsp3) is 0.368. The lowest BCUT2D eigenvalue weighted by atomic mass is 9.88. The van der Waals surface area contributed by atoms with Gasteiger partial charge in [-0.1, -0.05) is 67.6 Å². The second-order valence-electron chi connectivity index (χ2n) is 5.73. The van der Waals surface area contributed by atoms with Crippen molar-refractivity contribution in [2.45, 2.75) is 31.8 Å². The number of hydrogen-bond acceptors (Lipinski definition) is 2. The Morgan fingerprint density at radius 3 is 1.76 bits per heavy atom. The second-order valence-corrected chi connectivity index (χ2v) is 5.73. The van der Waals surface area contributed by atoms with Crippen molar-refractivity contribution in [1.82, 2.24) is 5.32 Å². The molecule has 2 heteroatoms. The van der Waals surface area contributed by atoms with E-state index in [0.29, 0.717) is 19.4 Å². The van der Waals surface area contributed by atoms with Crippen LogP contribution >= 0.6 is 0 Å². The molecule has 0 aliphatic rings. The van der Waals surface area contributed by atoms with Crippen molar-refractivity contribution in [3.8, 4) is 0 Å². The minimum absolute atomic E-state index is 0.616. The summed E-state index contributed by atoms with van der Waals surface area (Å²) >= 11 is 0. The minimum atomic E-state index is -0.752. The predicted octanol–water partition coefficient (Wildman–Crippen LogP) is 3.20. The Bertz CT molecular complexity index is 468. The fourth-order valence-electron chi connectivity index (χ4n) is 2.64. The Kier molecular flexibility index (Phi) is 5.97. The number of aliphatic hydroxyl groups is 1. The summed E-state index contributed by atoms with van der Waals surface area (Å²) in [4.78, 5) is 0. The van der Waals surface area contributed by atoms with Gasteiger partial charge in [0.2, 0.25) is 0 Å². The molecule has 0 aliphatic carbocycles. The maximum Gasteiger partial charge on any atom is 0.0851 e. The molecule has 2 rings (SSSR count). The Labute approximate surface area is 127 Å². The van der Waals surface area contributed by atoms with E-state index in [-0.39, 0.29) is 0 Å². The van der Waals surface area contributed by atoms with Crippen molar-refractivity contribution in [2.75, 3.05) is 13.1 Å². The molecule has 0 fully saturated rings. The van der Waals surface area contributed by atoms with Crippen LogP contribution in [-0.4, -0.2) is 23.8 Å². The lowest BCUT2D eigenvalue weighted by Gasteiger charge is -2.29. The molecule has 0 saturated carbocycles. The zero-order valence-corrected chi connectivity index (χ0v) is 12.8. The monoisotopic (exact) mass is 283 g/mol. The fourth-order valence-corrected chi connectivity index (χ4v) is 2.64. The summed E-state index contributed by atoms with van der Waals surface area (Å²) in [5, 5.41) is 14.4. The van der Waals surface area contributed by atoms with Crippen LogP contribution in [0.4, 0.5) is 0 Å². The smallest absolute Gasteiger partial charge is 0.0851 e. The van der Waals surface area contributed by atoms with E-state index in [4.69, 9.17) is 0 Å². The van der Waals surface area contributed by atoms with Crippen LogP contribution in [0.15, 0.2) is 60.7 Å². The molecule has 0 spiro atoms. The lowest BCUT2D eigenvalue weighted by Crippen LogP contribution is -2.44. The molecule has 0 saturated heterocycles. The van der Waals surface area contributed by atoms with Gasteiger partial charge in [0.05, 0.1) is 5.60 Å². The number of hydrogen-bond donors (Lipinski definition) is 2. The zero-order valence-electron chi connectivity index (χ0n) is 12.8. The van der Waals surface area contributed by atoms with Crippen molar-refractivity contribution < 1.29 is 5.11 Å². The molecule has 0 heterocycles. The van der Waals surface area contributed by atoms with Crippen molar-refractivity contribution in [3.63, 3.8) is 0 Å². The number of rotatable bonds is 8. The number of benzene rings is 2. The Balaban J connectivity index is 2.09. The summed E-state index contributed by atoms with van der Waals surface area (Å²) in [7, 11) is 0. The van der Waals surface area contributed by atoms with Gasteiger partial charge in [-0.3, -0.25) is 0 Å². The van der Waals surface area contributed by atoms with Gasteiger partial charge in [0, 0.05) is 19.4 Å². The predicted molar refractivity (Wildman–Crippen MR) is 88.4 cm³/mol. The summed E-state index contributed by atoms with van der Waals surface area (Å²) in [6, 6.07) is 20.4. The molecule has 0 bridgehead atoms. The minimum Gasteiger partial charge on any atom is -0.388 e. The van der Waals surface area contributed by atoms with Gasteiger partial charge >= 0.3 is 0 Å². The molecule has 0 aliphatic heterocycles. The first-order chi connectivity index (χ1) is 10.2. The van der Waals surface area contributed by atoms with E-state index in [1.165, 1.54) is 11.1 Å². The van der Waals surface area contributed by atoms with Crippen molar-refractivity contribution in [1.29, 1.82) is 0 Å². The first-order valence-corrected chi connectivity index (χ1v) is 7.73. The lowest BCUT2D eigenvalue weighted by molar-refractivity contribution is 0.0411. The summed E-state index contributed by atoms with van der Waals surface area (Å²) in [6.07, 6.45) is 2.41. The van der Waals surface area contributed by atoms with Gasteiger partial charge < -0.3 is 10.4 Å². The van der Waals surface area contributed by atoms with E-state index >= 15 is 0 Å². The third-order valence-corrected chi connectivity index (χ3v) is 3.63. The molecule has 0 radical (unpaired) electrons. The van der Waals surface area contributed by atoms with Gasteiger partial charge in [0.25, 0.3) is 0 Å². The van der Waals surface area contributed by atoms with Gasteiger partial charge in [-0.2, -0.15) is 0 Å². The Hall–Kier alpha value is -1.64. The van der Waals surface area contributed by atoms with Crippen LogP contribution in [0.25, 0.3) is 0 Å². The topological polar surface area (TPSA) is 32.3 Å². The van der Waals surface area contributed by atoms with Crippen LogP contribution in [0.2, 0.25) is 0 Å². The maximum absolute atomic E-state index is 11.1. The third-order valence-electron chi connectivity index (χ3n) is 3.63. The molecule has 2 nitrogen and oxygen atoms in total. The van der Waals surface area contributed by atoms with Crippen LogP contribution in [-0.2, 0) is 12.8 Å². The van der Waals surface area contributed by atoms with Gasteiger partial charge in [0.1, 0.15) is 0 Å². The van der Waals surface area contributed by atoms with Gasteiger partial charge in [-0.25, -0.2) is 0 Å². The third kappa shape index (κ3) is 5.33. The summed E-state index contributed by atoms with van der Waals surface area (Å²) in [6.45, 7) is 3.69. The largest absolute Gasteiger partial charge is 0.388 e. The van der Waals surface area contributed by atoms with Crippen LogP contribution in [0.3, 0.4) is 0 Å². The van der Waals surface area contributed by atoms with Crippen LogP contribution in [0.5, 0.6) is 0 Å². The quantitative estimate of drug-likeness (QED) is 0.729. The highest BCUT2D eigenvalue weighted by Gasteiger charge is 2.27. The van der Waals surface area contributed by atoms with E-state index in [0.717, 1.165) is 13.0 Å². The summed E-state index contributed by atoms with van der Waals surface area (Å²) in [5.41, 5.74) is 1.60. The number of nitrogens with one attached hydrogen (secondary N) is 1. The van der Waals surface area contributed by atoms with Gasteiger partial charge in [0.15, 0.2) is 0 Å². The van der Waals surface area contributed by atoms with Gasteiger partial charge in [-0.15, -0.1) is 0 Å². The first kappa shape index (κ1) is 15.7. The molecule has 0 aromatic heterocycles. The Morgan fingerprint density at radius 2 is 1.33 bits per heavy atom.